The minimum Gasteiger partial charge on any atom is -0.394 e. The summed E-state index contributed by atoms with van der Waals surface area (Å²) in [5.74, 6) is 0.497. The van der Waals surface area contributed by atoms with E-state index < -0.39 is 0 Å². The summed E-state index contributed by atoms with van der Waals surface area (Å²) in [6, 6.07) is 0.518. The molecule has 0 spiro atoms. The zero-order chi connectivity index (χ0) is 10.4. The second-order valence-electron chi connectivity index (χ2n) is 4.18. The molecule has 3 heteroatoms. The summed E-state index contributed by atoms with van der Waals surface area (Å²) in [5.41, 5.74) is 1.16. The van der Waals surface area contributed by atoms with E-state index >= 15 is 0 Å². The molecule has 0 unspecified atom stereocenters. The van der Waals surface area contributed by atoms with Crippen molar-refractivity contribution >= 4 is 5.71 Å². The molecule has 1 fully saturated rings. The molecule has 82 valence electrons. The molecule has 0 aromatic carbocycles. The van der Waals surface area contributed by atoms with Crippen LogP contribution < -0.4 is 5.32 Å². The fourth-order valence-electron chi connectivity index (χ4n) is 1.69. The van der Waals surface area contributed by atoms with Crippen LogP contribution in [0.15, 0.2) is 5.16 Å². The van der Waals surface area contributed by atoms with E-state index in [1.54, 1.807) is 0 Å². The molecule has 0 radical (unpaired) electrons. The van der Waals surface area contributed by atoms with Crippen LogP contribution in [0, 0.1) is 5.92 Å². The van der Waals surface area contributed by atoms with Crippen molar-refractivity contribution < 1.29 is 4.84 Å². The number of hydrogen-bond acceptors (Lipinski definition) is 3. The van der Waals surface area contributed by atoms with Crippen LogP contribution in [0.3, 0.4) is 0 Å². The van der Waals surface area contributed by atoms with Gasteiger partial charge in [-0.1, -0.05) is 25.9 Å². The summed E-state index contributed by atoms with van der Waals surface area (Å²) >= 11 is 0. The third kappa shape index (κ3) is 3.66. The first kappa shape index (κ1) is 11.5. The summed E-state index contributed by atoms with van der Waals surface area (Å²) < 4.78 is 0. The van der Waals surface area contributed by atoms with Crippen molar-refractivity contribution in [3.05, 3.63) is 0 Å². The molecule has 1 atom stereocenters. The van der Waals surface area contributed by atoms with E-state index in [0.717, 1.165) is 25.3 Å². The Morgan fingerprint density at radius 2 is 2.36 bits per heavy atom. The van der Waals surface area contributed by atoms with Crippen molar-refractivity contribution in [1.29, 1.82) is 0 Å². The van der Waals surface area contributed by atoms with Crippen molar-refractivity contribution in [3.63, 3.8) is 0 Å². The molecule has 0 aliphatic carbocycles. The second kappa shape index (κ2) is 6.02. The van der Waals surface area contributed by atoms with E-state index in [1.165, 1.54) is 12.8 Å². The molecular weight excluding hydrogens is 176 g/mol. The van der Waals surface area contributed by atoms with Crippen molar-refractivity contribution in [1.82, 2.24) is 5.32 Å². The maximum atomic E-state index is 5.36. The largest absolute Gasteiger partial charge is 0.394 e. The Hall–Kier alpha value is -0.570. The molecule has 1 aliphatic rings. The predicted molar refractivity (Wildman–Crippen MR) is 59.5 cm³/mol. The summed E-state index contributed by atoms with van der Waals surface area (Å²) in [6.07, 6.45) is 3.47. The van der Waals surface area contributed by atoms with Crippen LogP contribution in [0.5, 0.6) is 0 Å². The zero-order valence-electron chi connectivity index (χ0n) is 9.55. The quantitative estimate of drug-likeness (QED) is 0.542. The van der Waals surface area contributed by atoms with Gasteiger partial charge in [-0.2, -0.15) is 0 Å². The summed E-state index contributed by atoms with van der Waals surface area (Å²) in [4.78, 5) is 5.36. The smallest absolute Gasteiger partial charge is 0.132 e. The van der Waals surface area contributed by atoms with Crippen LogP contribution in [-0.2, 0) is 4.84 Å². The van der Waals surface area contributed by atoms with Gasteiger partial charge >= 0.3 is 0 Å². The van der Waals surface area contributed by atoms with Gasteiger partial charge in [0.15, 0.2) is 0 Å². The fraction of sp³-hybridized carbons (Fsp3) is 0.909. The van der Waals surface area contributed by atoms with Gasteiger partial charge in [0, 0.05) is 6.04 Å². The summed E-state index contributed by atoms with van der Waals surface area (Å²) in [5, 5.41) is 7.57. The van der Waals surface area contributed by atoms with Gasteiger partial charge in [0.05, 0.1) is 5.71 Å². The third-order valence-electron chi connectivity index (χ3n) is 2.65. The number of hydrogen-bond donors (Lipinski definition) is 1. The number of rotatable bonds is 5. The predicted octanol–water partition coefficient (Wildman–Crippen LogP) is 2.18. The lowest BCUT2D eigenvalue weighted by atomic mass is 10.1. The Balaban J connectivity index is 2.22. The monoisotopic (exact) mass is 198 g/mol. The van der Waals surface area contributed by atoms with E-state index in [9.17, 15) is 0 Å². The first-order valence-electron chi connectivity index (χ1n) is 5.66. The van der Waals surface area contributed by atoms with Gasteiger partial charge in [0.2, 0.25) is 0 Å². The second-order valence-corrected chi connectivity index (χ2v) is 4.18. The van der Waals surface area contributed by atoms with Gasteiger partial charge in [-0.15, -0.1) is 0 Å². The number of nitrogens with zero attached hydrogens (tertiary/aromatic N) is 1. The highest BCUT2D eigenvalue weighted by Gasteiger charge is 2.14. The lowest BCUT2D eigenvalue weighted by Crippen LogP contribution is -2.26. The normalized spacial score (nSPS) is 23.1. The standard InChI is InChI=1S/C11H22N2O/c1-4-11(9(2)3)13-14-8-10-6-5-7-12-10/h9-10,12H,4-8H2,1-3H3/b13-11+/t10-/m0/s1. The van der Waals surface area contributed by atoms with Gasteiger partial charge < -0.3 is 10.2 Å². The number of nitrogens with one attached hydrogen (secondary N) is 1. The van der Waals surface area contributed by atoms with Crippen LogP contribution in [0.4, 0.5) is 0 Å². The van der Waals surface area contributed by atoms with E-state index in [-0.39, 0.29) is 0 Å². The minimum atomic E-state index is 0.497. The summed E-state index contributed by atoms with van der Waals surface area (Å²) in [7, 11) is 0. The Labute approximate surface area is 86.9 Å². The SMILES string of the molecule is CC/C(=N\OC[C@@H]1CCCN1)C(C)C. The van der Waals surface area contributed by atoms with Gasteiger partial charge in [-0.25, -0.2) is 0 Å². The van der Waals surface area contributed by atoms with Crippen molar-refractivity contribution in [3.8, 4) is 0 Å². The average molecular weight is 198 g/mol. The van der Waals surface area contributed by atoms with Gasteiger partial charge in [0.1, 0.15) is 6.61 Å². The molecule has 0 saturated carbocycles. The van der Waals surface area contributed by atoms with Crippen LogP contribution in [0.2, 0.25) is 0 Å². The van der Waals surface area contributed by atoms with E-state index in [1.807, 2.05) is 0 Å². The Morgan fingerprint density at radius 1 is 1.57 bits per heavy atom. The molecule has 1 aliphatic heterocycles. The molecule has 3 nitrogen and oxygen atoms in total. The molecule has 0 aromatic heterocycles. The summed E-state index contributed by atoms with van der Waals surface area (Å²) in [6.45, 7) is 8.27. The molecule has 1 saturated heterocycles. The first-order chi connectivity index (χ1) is 6.74. The first-order valence-corrected chi connectivity index (χ1v) is 5.66. The van der Waals surface area contributed by atoms with Gasteiger partial charge in [-0.3, -0.25) is 0 Å². The highest BCUT2D eigenvalue weighted by atomic mass is 16.6. The van der Waals surface area contributed by atoms with Gasteiger partial charge in [0.25, 0.3) is 0 Å². The number of oxime groups is 1. The van der Waals surface area contributed by atoms with Crippen LogP contribution >= 0.6 is 0 Å². The Kier molecular flexibility index (Phi) is 4.94. The topological polar surface area (TPSA) is 33.6 Å². The fourth-order valence-corrected chi connectivity index (χ4v) is 1.69. The van der Waals surface area contributed by atoms with Crippen LogP contribution in [-0.4, -0.2) is 24.9 Å². The van der Waals surface area contributed by atoms with E-state index in [4.69, 9.17) is 4.84 Å². The average Bonchev–Trinajstić information content (AvgIpc) is 2.64. The van der Waals surface area contributed by atoms with Crippen LogP contribution in [0.1, 0.15) is 40.0 Å². The molecule has 1 N–H and O–H groups in total. The maximum Gasteiger partial charge on any atom is 0.132 e. The molecule has 0 bridgehead atoms. The molecular formula is C11H22N2O. The zero-order valence-corrected chi connectivity index (χ0v) is 9.55. The maximum absolute atomic E-state index is 5.36. The highest BCUT2D eigenvalue weighted by molar-refractivity contribution is 5.85. The van der Waals surface area contributed by atoms with E-state index in [2.05, 4.69) is 31.2 Å². The third-order valence-corrected chi connectivity index (χ3v) is 2.65. The van der Waals surface area contributed by atoms with Crippen molar-refractivity contribution in [2.24, 2.45) is 11.1 Å². The Morgan fingerprint density at radius 3 is 2.86 bits per heavy atom. The van der Waals surface area contributed by atoms with Crippen LogP contribution in [0.25, 0.3) is 0 Å². The molecule has 1 heterocycles. The minimum absolute atomic E-state index is 0.497. The molecule has 1 rings (SSSR count). The van der Waals surface area contributed by atoms with Crippen molar-refractivity contribution in [2.75, 3.05) is 13.2 Å². The lowest BCUT2D eigenvalue weighted by molar-refractivity contribution is 0.123. The Bertz CT molecular complexity index is 184. The molecule has 0 amide bonds. The van der Waals surface area contributed by atoms with Gasteiger partial charge in [-0.05, 0) is 31.7 Å². The van der Waals surface area contributed by atoms with E-state index in [0.29, 0.717) is 12.0 Å². The molecule has 0 aromatic rings. The highest BCUT2D eigenvalue weighted by Crippen LogP contribution is 2.06. The lowest BCUT2D eigenvalue weighted by Gasteiger charge is -2.10. The molecule has 14 heavy (non-hydrogen) atoms. The van der Waals surface area contributed by atoms with Crippen molar-refractivity contribution in [2.45, 2.75) is 46.1 Å².